The Labute approximate surface area is 139 Å². The molecule has 1 aromatic carbocycles. The number of carbonyl (C=O) groups excluding carboxylic acids is 2. The molecule has 0 aliphatic heterocycles. The number of aryl methyl sites for hydroxylation is 1. The molecule has 2 aromatic rings. The van der Waals surface area contributed by atoms with Gasteiger partial charge in [0.1, 0.15) is 5.75 Å². The Morgan fingerprint density at radius 1 is 1.17 bits per heavy atom. The Morgan fingerprint density at radius 3 is 2.78 bits per heavy atom. The van der Waals surface area contributed by atoms with Crippen LogP contribution in [0, 0.1) is 0 Å². The normalized spacial score (nSPS) is 10.1. The third-order valence-electron chi connectivity index (χ3n) is 3.04. The molecule has 122 valence electrons. The summed E-state index contributed by atoms with van der Waals surface area (Å²) in [5.41, 5.74) is 0.662. The molecule has 0 aliphatic rings. The van der Waals surface area contributed by atoms with Gasteiger partial charge in [-0.1, -0.05) is 12.1 Å². The first-order valence-electron chi connectivity index (χ1n) is 7.49. The van der Waals surface area contributed by atoms with Gasteiger partial charge in [-0.3, -0.25) is 9.59 Å². The minimum Gasteiger partial charge on any atom is -0.484 e. The molecule has 0 saturated heterocycles. The van der Waals surface area contributed by atoms with Gasteiger partial charge >= 0.3 is 0 Å². The molecule has 0 atom stereocenters. The van der Waals surface area contributed by atoms with E-state index in [0.29, 0.717) is 24.4 Å². The summed E-state index contributed by atoms with van der Waals surface area (Å²) >= 11 is 1.65. The van der Waals surface area contributed by atoms with Crippen LogP contribution in [0.1, 0.15) is 18.2 Å². The van der Waals surface area contributed by atoms with E-state index in [1.165, 1.54) is 4.88 Å². The lowest BCUT2D eigenvalue weighted by molar-refractivity contribution is -0.123. The zero-order valence-corrected chi connectivity index (χ0v) is 13.8. The largest absolute Gasteiger partial charge is 0.484 e. The molecule has 0 spiro atoms. The molecule has 0 bridgehead atoms. The van der Waals surface area contributed by atoms with E-state index in [1.54, 1.807) is 35.6 Å². The Kier molecular flexibility index (Phi) is 6.62. The highest BCUT2D eigenvalue weighted by molar-refractivity contribution is 7.09. The van der Waals surface area contributed by atoms with Gasteiger partial charge in [-0.15, -0.1) is 11.3 Å². The van der Waals surface area contributed by atoms with E-state index in [4.69, 9.17) is 4.74 Å². The summed E-state index contributed by atoms with van der Waals surface area (Å²) < 4.78 is 5.40. The van der Waals surface area contributed by atoms with Crippen molar-refractivity contribution in [3.8, 4) is 5.75 Å². The van der Waals surface area contributed by atoms with Gasteiger partial charge in [0, 0.05) is 29.6 Å². The van der Waals surface area contributed by atoms with Crippen LogP contribution in [0.2, 0.25) is 0 Å². The van der Waals surface area contributed by atoms with Crippen molar-refractivity contribution < 1.29 is 14.3 Å². The van der Waals surface area contributed by atoms with Crippen LogP contribution in [0.25, 0.3) is 0 Å². The third-order valence-corrected chi connectivity index (χ3v) is 3.98. The van der Waals surface area contributed by atoms with Gasteiger partial charge in [-0.05, 0) is 36.9 Å². The molecular weight excluding hydrogens is 312 g/mol. The standard InChI is InChI=1S/C17H20N2O3S/c1-2-18-17(21)12-22-14-6-3-5-13(11-14)19-16(20)9-8-15-7-4-10-23-15/h3-7,10-11H,2,8-9,12H2,1H3,(H,18,21)(H,19,20). The van der Waals surface area contributed by atoms with Crippen molar-refractivity contribution in [1.29, 1.82) is 0 Å². The zero-order valence-electron chi connectivity index (χ0n) is 13.0. The highest BCUT2D eigenvalue weighted by atomic mass is 32.1. The van der Waals surface area contributed by atoms with Crippen molar-refractivity contribution in [3.05, 3.63) is 46.7 Å². The van der Waals surface area contributed by atoms with Gasteiger partial charge in [0.05, 0.1) is 0 Å². The molecule has 1 aromatic heterocycles. The summed E-state index contributed by atoms with van der Waals surface area (Å²) in [5.74, 6) is 0.337. The van der Waals surface area contributed by atoms with Crippen LogP contribution in [-0.2, 0) is 16.0 Å². The molecule has 0 aliphatic carbocycles. The predicted molar refractivity (Wildman–Crippen MR) is 91.9 cm³/mol. The lowest BCUT2D eigenvalue weighted by Gasteiger charge is -2.09. The first-order chi connectivity index (χ1) is 11.2. The molecule has 0 unspecified atom stereocenters. The minimum absolute atomic E-state index is 0.0381. The van der Waals surface area contributed by atoms with E-state index in [2.05, 4.69) is 10.6 Å². The maximum atomic E-state index is 12.0. The minimum atomic E-state index is -0.169. The SMILES string of the molecule is CCNC(=O)COc1cccc(NC(=O)CCc2cccs2)c1. The first kappa shape index (κ1) is 17.0. The predicted octanol–water partition coefficient (Wildman–Crippen LogP) is 2.83. The Morgan fingerprint density at radius 2 is 2.04 bits per heavy atom. The number of hydrogen-bond donors (Lipinski definition) is 2. The summed E-state index contributed by atoms with van der Waals surface area (Å²) in [6.45, 7) is 2.39. The van der Waals surface area contributed by atoms with Crippen molar-refractivity contribution in [1.82, 2.24) is 5.32 Å². The first-order valence-corrected chi connectivity index (χ1v) is 8.37. The van der Waals surface area contributed by atoms with Crippen LogP contribution in [0.15, 0.2) is 41.8 Å². The second-order valence-electron chi connectivity index (χ2n) is 4.90. The van der Waals surface area contributed by atoms with Crippen LogP contribution >= 0.6 is 11.3 Å². The van der Waals surface area contributed by atoms with Crippen LogP contribution in [0.4, 0.5) is 5.69 Å². The molecular formula is C17H20N2O3S. The summed E-state index contributed by atoms with van der Waals surface area (Å²) in [6.07, 6.45) is 1.17. The van der Waals surface area contributed by atoms with Crippen molar-refractivity contribution in [3.63, 3.8) is 0 Å². The van der Waals surface area contributed by atoms with Gasteiger partial charge in [0.25, 0.3) is 5.91 Å². The molecule has 23 heavy (non-hydrogen) atoms. The lowest BCUT2D eigenvalue weighted by atomic mass is 10.2. The van der Waals surface area contributed by atoms with Crippen LogP contribution in [0.5, 0.6) is 5.75 Å². The molecule has 0 saturated carbocycles. The quantitative estimate of drug-likeness (QED) is 0.781. The fraction of sp³-hybridized carbons (Fsp3) is 0.294. The van der Waals surface area contributed by atoms with Crippen molar-refractivity contribution in [2.45, 2.75) is 19.8 Å². The molecule has 6 heteroatoms. The Balaban J connectivity index is 1.81. The number of nitrogens with one attached hydrogen (secondary N) is 2. The summed E-state index contributed by atoms with van der Waals surface area (Å²) in [7, 11) is 0. The highest BCUT2D eigenvalue weighted by Crippen LogP contribution is 2.18. The highest BCUT2D eigenvalue weighted by Gasteiger charge is 2.06. The zero-order chi connectivity index (χ0) is 16.5. The molecule has 0 radical (unpaired) electrons. The summed E-state index contributed by atoms with van der Waals surface area (Å²) in [4.78, 5) is 24.5. The second kappa shape index (κ2) is 8.95. The smallest absolute Gasteiger partial charge is 0.257 e. The Hall–Kier alpha value is -2.34. The van der Waals surface area contributed by atoms with E-state index >= 15 is 0 Å². The maximum Gasteiger partial charge on any atom is 0.257 e. The van der Waals surface area contributed by atoms with Crippen molar-refractivity contribution >= 4 is 28.8 Å². The van der Waals surface area contributed by atoms with E-state index in [0.717, 1.165) is 6.42 Å². The van der Waals surface area contributed by atoms with Gasteiger partial charge in [0.2, 0.25) is 5.91 Å². The summed E-state index contributed by atoms with van der Waals surface area (Å²) in [5, 5.41) is 7.51. The summed E-state index contributed by atoms with van der Waals surface area (Å²) in [6, 6.07) is 11.0. The maximum absolute atomic E-state index is 12.0. The van der Waals surface area contributed by atoms with Gasteiger partial charge in [-0.2, -0.15) is 0 Å². The number of amides is 2. The molecule has 0 fully saturated rings. The fourth-order valence-electron chi connectivity index (χ4n) is 1.98. The van der Waals surface area contributed by atoms with Gasteiger partial charge in [-0.25, -0.2) is 0 Å². The number of benzene rings is 1. The number of rotatable bonds is 8. The average molecular weight is 332 g/mol. The van der Waals surface area contributed by atoms with E-state index in [1.807, 2.05) is 24.4 Å². The molecule has 1 heterocycles. The van der Waals surface area contributed by atoms with Crippen molar-refractivity contribution in [2.24, 2.45) is 0 Å². The molecule has 2 N–H and O–H groups in total. The topological polar surface area (TPSA) is 67.4 Å². The number of likely N-dealkylation sites (N-methyl/N-ethyl adjacent to an activating group) is 1. The fourth-order valence-corrected chi connectivity index (χ4v) is 2.68. The lowest BCUT2D eigenvalue weighted by Crippen LogP contribution is -2.28. The van der Waals surface area contributed by atoms with Gasteiger partial charge < -0.3 is 15.4 Å². The van der Waals surface area contributed by atoms with Crippen LogP contribution < -0.4 is 15.4 Å². The van der Waals surface area contributed by atoms with Gasteiger partial charge in [0.15, 0.2) is 6.61 Å². The monoisotopic (exact) mass is 332 g/mol. The van der Waals surface area contributed by atoms with Crippen molar-refractivity contribution in [2.75, 3.05) is 18.5 Å². The van der Waals surface area contributed by atoms with E-state index in [-0.39, 0.29) is 18.4 Å². The van der Waals surface area contributed by atoms with E-state index in [9.17, 15) is 9.59 Å². The number of ether oxygens (including phenoxy) is 1. The molecule has 5 nitrogen and oxygen atoms in total. The third kappa shape index (κ3) is 6.12. The van der Waals surface area contributed by atoms with Crippen LogP contribution in [-0.4, -0.2) is 25.0 Å². The number of thiophene rings is 1. The molecule has 2 rings (SSSR count). The average Bonchev–Trinajstić information content (AvgIpc) is 3.05. The molecule has 2 amide bonds. The number of anilines is 1. The second-order valence-corrected chi connectivity index (χ2v) is 5.93. The van der Waals surface area contributed by atoms with E-state index < -0.39 is 0 Å². The number of carbonyl (C=O) groups is 2. The Bertz CT molecular complexity index is 641. The number of hydrogen-bond acceptors (Lipinski definition) is 4. The van der Waals surface area contributed by atoms with Crippen LogP contribution in [0.3, 0.4) is 0 Å².